The molecule has 0 bridgehead atoms. The smallest absolute Gasteiger partial charge is 0.326 e. The number of amides is 4. The van der Waals surface area contributed by atoms with Crippen molar-refractivity contribution in [3.05, 3.63) is 36.1 Å². The van der Waals surface area contributed by atoms with E-state index in [0.717, 1.165) is 24.6 Å². The van der Waals surface area contributed by atoms with E-state index < -0.39 is 5.54 Å². The summed E-state index contributed by atoms with van der Waals surface area (Å²) >= 11 is 0. The van der Waals surface area contributed by atoms with E-state index in [2.05, 4.69) is 31.0 Å². The number of hydrogen-bond donors (Lipinski definition) is 1. The van der Waals surface area contributed by atoms with Crippen LogP contribution in [-0.4, -0.2) is 70.9 Å². The number of carbonyl (C=O) groups excluding carboxylic acids is 3. The van der Waals surface area contributed by atoms with Crippen LogP contribution < -0.4 is 5.32 Å². The normalized spacial score (nSPS) is 26.1. The van der Waals surface area contributed by atoms with E-state index in [4.69, 9.17) is 4.42 Å². The van der Waals surface area contributed by atoms with Crippen molar-refractivity contribution in [3.8, 4) is 0 Å². The first-order chi connectivity index (χ1) is 16.7. The maximum absolute atomic E-state index is 13.4. The Balaban J connectivity index is 1.16. The van der Waals surface area contributed by atoms with E-state index in [9.17, 15) is 14.4 Å². The summed E-state index contributed by atoms with van der Waals surface area (Å²) in [5, 5.41) is 3.96. The van der Waals surface area contributed by atoms with Crippen LogP contribution in [0.5, 0.6) is 0 Å². The highest BCUT2D eigenvalue weighted by atomic mass is 16.3. The van der Waals surface area contributed by atoms with Gasteiger partial charge in [0.2, 0.25) is 0 Å². The van der Waals surface area contributed by atoms with E-state index in [1.54, 1.807) is 11.0 Å². The maximum atomic E-state index is 13.4. The molecule has 1 N–H and O–H groups in total. The van der Waals surface area contributed by atoms with Gasteiger partial charge in [0.15, 0.2) is 5.76 Å². The molecule has 8 heteroatoms. The van der Waals surface area contributed by atoms with Crippen LogP contribution in [-0.2, 0) is 4.79 Å². The predicted molar refractivity (Wildman–Crippen MR) is 133 cm³/mol. The highest BCUT2D eigenvalue weighted by Gasteiger charge is 2.53. The van der Waals surface area contributed by atoms with Gasteiger partial charge in [0.25, 0.3) is 11.8 Å². The second-order valence-corrected chi connectivity index (χ2v) is 11.1. The van der Waals surface area contributed by atoms with Crippen LogP contribution >= 0.6 is 0 Å². The summed E-state index contributed by atoms with van der Waals surface area (Å²) in [5.41, 5.74) is 0.220. The molecule has 1 aromatic heterocycles. The second kappa shape index (κ2) is 8.97. The molecule has 3 fully saturated rings. The van der Waals surface area contributed by atoms with Gasteiger partial charge >= 0.3 is 6.03 Å². The van der Waals surface area contributed by atoms with Gasteiger partial charge in [0.05, 0.1) is 6.67 Å². The number of nitrogens with one attached hydrogen (secondary N) is 1. The molecule has 1 aromatic carbocycles. The minimum Gasteiger partial charge on any atom is -0.451 e. The quantitative estimate of drug-likeness (QED) is 0.652. The van der Waals surface area contributed by atoms with Crippen molar-refractivity contribution < 1.29 is 18.8 Å². The van der Waals surface area contributed by atoms with Gasteiger partial charge < -0.3 is 14.6 Å². The number of fused-ring (bicyclic) bond motifs is 1. The summed E-state index contributed by atoms with van der Waals surface area (Å²) in [5.74, 6) is 0.712. The molecule has 5 rings (SSSR count). The fourth-order valence-electron chi connectivity index (χ4n) is 5.86. The zero-order valence-corrected chi connectivity index (χ0v) is 21.0. The highest BCUT2D eigenvalue weighted by molar-refractivity contribution is 6.07. The van der Waals surface area contributed by atoms with Crippen molar-refractivity contribution in [3.63, 3.8) is 0 Å². The SMILES string of the molecule is CCC(C)(C)C1CCC2(CC1)NC(=O)N(CN1CCN(C(=O)c3cc4ccccc4o3)CC1)C2=O. The first-order valence-electron chi connectivity index (χ1n) is 12.9. The number of rotatable bonds is 5. The molecular weight excluding hydrogens is 444 g/mol. The van der Waals surface area contributed by atoms with E-state index in [-0.39, 0.29) is 29.9 Å². The molecule has 4 amide bonds. The average molecular weight is 481 g/mol. The van der Waals surface area contributed by atoms with Crippen molar-refractivity contribution in [1.82, 2.24) is 20.0 Å². The Kier molecular flexibility index (Phi) is 6.11. The summed E-state index contributed by atoms with van der Waals surface area (Å²) in [6.07, 6.45) is 4.46. The number of furan rings is 1. The summed E-state index contributed by atoms with van der Waals surface area (Å²) < 4.78 is 5.73. The Labute approximate surface area is 206 Å². The van der Waals surface area contributed by atoms with Gasteiger partial charge in [-0.15, -0.1) is 0 Å². The number of hydrogen-bond acceptors (Lipinski definition) is 5. The summed E-state index contributed by atoms with van der Waals surface area (Å²) in [6, 6.07) is 9.08. The number of piperazine rings is 1. The maximum Gasteiger partial charge on any atom is 0.326 e. The molecule has 8 nitrogen and oxygen atoms in total. The van der Waals surface area contributed by atoms with E-state index in [1.807, 2.05) is 24.3 Å². The molecule has 35 heavy (non-hydrogen) atoms. The minimum atomic E-state index is -0.740. The molecule has 1 aliphatic carbocycles. The van der Waals surface area contributed by atoms with Crippen molar-refractivity contribution in [2.24, 2.45) is 11.3 Å². The number of imide groups is 1. The predicted octanol–water partition coefficient (Wildman–Crippen LogP) is 4.07. The van der Waals surface area contributed by atoms with Crippen molar-refractivity contribution in [2.75, 3.05) is 32.8 Å². The van der Waals surface area contributed by atoms with Gasteiger partial charge in [-0.05, 0) is 49.1 Å². The van der Waals surface area contributed by atoms with Gasteiger partial charge in [-0.25, -0.2) is 9.69 Å². The fourth-order valence-corrected chi connectivity index (χ4v) is 5.86. The third kappa shape index (κ3) is 4.33. The second-order valence-electron chi connectivity index (χ2n) is 11.1. The third-order valence-corrected chi connectivity index (χ3v) is 8.74. The molecular formula is C27H36N4O4. The zero-order chi connectivity index (χ0) is 24.8. The number of nitrogens with zero attached hydrogens (tertiary/aromatic N) is 3. The zero-order valence-electron chi connectivity index (χ0n) is 21.0. The Morgan fingerprint density at radius 3 is 2.46 bits per heavy atom. The Morgan fingerprint density at radius 1 is 1.11 bits per heavy atom. The van der Waals surface area contributed by atoms with Gasteiger partial charge in [0, 0.05) is 31.6 Å². The minimum absolute atomic E-state index is 0.0870. The molecule has 1 spiro atoms. The molecule has 2 saturated heterocycles. The number of urea groups is 1. The fraction of sp³-hybridized carbons (Fsp3) is 0.593. The van der Waals surface area contributed by atoms with E-state index in [0.29, 0.717) is 56.3 Å². The molecule has 2 aliphatic heterocycles. The Morgan fingerprint density at radius 2 is 1.80 bits per heavy atom. The number of benzene rings is 1. The molecule has 188 valence electrons. The average Bonchev–Trinajstić information content (AvgIpc) is 3.39. The van der Waals surface area contributed by atoms with E-state index in [1.165, 1.54) is 4.90 Å². The van der Waals surface area contributed by atoms with Crippen molar-refractivity contribution >= 4 is 28.8 Å². The molecule has 0 unspecified atom stereocenters. The van der Waals surface area contributed by atoms with Crippen LogP contribution in [0.3, 0.4) is 0 Å². The molecule has 0 atom stereocenters. The standard InChI is InChI=1S/C27H36N4O4/c1-4-26(2,3)20-9-11-27(12-10-20)24(33)31(25(34)28-27)18-29-13-15-30(16-14-29)23(32)22-17-19-7-5-6-8-21(19)35-22/h5-8,17,20H,4,9-16,18H2,1-3H3,(H,28,34). The first-order valence-corrected chi connectivity index (χ1v) is 12.9. The number of para-hydroxylation sites is 1. The third-order valence-electron chi connectivity index (χ3n) is 8.74. The monoisotopic (exact) mass is 480 g/mol. The molecule has 3 aliphatic rings. The van der Waals surface area contributed by atoms with Crippen LogP contribution in [0.15, 0.2) is 34.7 Å². The van der Waals surface area contributed by atoms with Gasteiger partial charge in [0.1, 0.15) is 11.1 Å². The molecule has 2 aromatic rings. The molecule has 1 saturated carbocycles. The Hall–Kier alpha value is -2.87. The summed E-state index contributed by atoms with van der Waals surface area (Å²) in [4.78, 5) is 44.3. The lowest BCUT2D eigenvalue weighted by Gasteiger charge is -2.42. The number of carbonyl (C=O) groups is 3. The van der Waals surface area contributed by atoms with Crippen LogP contribution in [0, 0.1) is 11.3 Å². The molecule has 3 heterocycles. The summed E-state index contributed by atoms with van der Waals surface area (Å²) in [6.45, 7) is 9.34. The summed E-state index contributed by atoms with van der Waals surface area (Å²) in [7, 11) is 0. The van der Waals surface area contributed by atoms with Crippen molar-refractivity contribution in [2.45, 2.75) is 58.4 Å². The lowest BCUT2D eigenvalue weighted by molar-refractivity contribution is -0.134. The van der Waals surface area contributed by atoms with Crippen LogP contribution in [0.1, 0.15) is 63.4 Å². The van der Waals surface area contributed by atoms with Gasteiger partial charge in [-0.2, -0.15) is 0 Å². The lowest BCUT2D eigenvalue weighted by Crippen LogP contribution is -2.53. The van der Waals surface area contributed by atoms with Gasteiger partial charge in [-0.3, -0.25) is 14.5 Å². The van der Waals surface area contributed by atoms with Gasteiger partial charge in [-0.1, -0.05) is 45.4 Å². The van der Waals surface area contributed by atoms with Crippen LogP contribution in [0.4, 0.5) is 4.79 Å². The van der Waals surface area contributed by atoms with Crippen LogP contribution in [0.25, 0.3) is 11.0 Å². The highest BCUT2D eigenvalue weighted by Crippen LogP contribution is 2.45. The topological polar surface area (TPSA) is 86.1 Å². The lowest BCUT2D eigenvalue weighted by atomic mass is 9.65. The van der Waals surface area contributed by atoms with E-state index >= 15 is 0 Å². The van der Waals surface area contributed by atoms with Crippen LogP contribution in [0.2, 0.25) is 0 Å². The molecule has 0 radical (unpaired) electrons. The first kappa shape index (κ1) is 23.9. The Bertz CT molecular complexity index is 1090. The largest absolute Gasteiger partial charge is 0.451 e. The van der Waals surface area contributed by atoms with Crippen molar-refractivity contribution in [1.29, 1.82) is 0 Å².